The maximum atomic E-state index is 12.8. The Bertz CT molecular complexity index is 734. The van der Waals surface area contributed by atoms with Crippen molar-refractivity contribution in [2.75, 3.05) is 50.7 Å². The van der Waals surface area contributed by atoms with Crippen molar-refractivity contribution in [3.63, 3.8) is 0 Å². The number of hydrogen-bond acceptors (Lipinski definition) is 4. The molecule has 0 bridgehead atoms. The number of anilines is 1. The summed E-state index contributed by atoms with van der Waals surface area (Å²) in [7, 11) is 0. The van der Waals surface area contributed by atoms with Gasteiger partial charge in [-0.1, -0.05) is 31.5 Å². The average molecular weight is 435 g/mol. The van der Waals surface area contributed by atoms with Gasteiger partial charge in [-0.2, -0.15) is 0 Å². The number of nitrogens with zero attached hydrogens (tertiary/aromatic N) is 3. The highest BCUT2D eigenvalue weighted by Crippen LogP contribution is 2.25. The summed E-state index contributed by atoms with van der Waals surface area (Å²) in [6.07, 6.45) is 1.12. The van der Waals surface area contributed by atoms with E-state index in [1.807, 2.05) is 30.0 Å². The molecule has 0 saturated carbocycles. The molecule has 0 spiro atoms. The molecule has 2 heterocycles. The topological polar surface area (TPSA) is 55.9 Å². The summed E-state index contributed by atoms with van der Waals surface area (Å²) in [6.45, 7) is 12.3. The van der Waals surface area contributed by atoms with E-state index >= 15 is 0 Å². The molecule has 1 N–H and O–H groups in total. The lowest BCUT2D eigenvalue weighted by Crippen LogP contribution is -2.53. The number of nitrogens with one attached hydrogen (secondary N) is 1. The van der Waals surface area contributed by atoms with E-state index in [1.54, 1.807) is 0 Å². The van der Waals surface area contributed by atoms with Gasteiger partial charge in [0.1, 0.15) is 0 Å². The van der Waals surface area contributed by atoms with Crippen molar-refractivity contribution in [3.8, 4) is 0 Å². The molecule has 2 saturated heterocycles. The third-order valence-corrected chi connectivity index (χ3v) is 6.47. The number of piperazine rings is 1. The predicted octanol–water partition coefficient (Wildman–Crippen LogP) is 2.86. The Balaban J connectivity index is 1.41. The fourth-order valence-corrected chi connectivity index (χ4v) is 4.68. The van der Waals surface area contributed by atoms with Crippen molar-refractivity contribution in [3.05, 3.63) is 29.3 Å². The van der Waals surface area contributed by atoms with E-state index in [-0.39, 0.29) is 23.8 Å². The Morgan fingerprint density at radius 2 is 1.97 bits per heavy atom. The van der Waals surface area contributed by atoms with Gasteiger partial charge in [0.05, 0.1) is 5.92 Å². The molecule has 6 nitrogen and oxygen atoms in total. The standard InChI is InChI=1S/C23H35ClN4O2/c1-17(2)16-28-18(3)21(7-8-22(28)29)23(30)25-9-10-26-11-13-27(14-12-26)20-6-4-5-19(24)15-20/h4-6,15,17-18,21H,7-14,16H2,1-3H3,(H,25,30)/t18-,21-/m1/s1. The van der Waals surface area contributed by atoms with Crippen LogP contribution in [0.3, 0.4) is 0 Å². The molecule has 2 fully saturated rings. The minimum absolute atomic E-state index is 0.0325. The quantitative estimate of drug-likeness (QED) is 0.717. The summed E-state index contributed by atoms with van der Waals surface area (Å²) in [5.74, 6) is 0.559. The van der Waals surface area contributed by atoms with Crippen LogP contribution in [-0.4, -0.2) is 73.5 Å². The van der Waals surface area contributed by atoms with Crippen molar-refractivity contribution < 1.29 is 9.59 Å². The molecule has 0 aliphatic carbocycles. The first-order chi connectivity index (χ1) is 14.3. The van der Waals surface area contributed by atoms with Gasteiger partial charge in [-0.15, -0.1) is 0 Å². The van der Waals surface area contributed by atoms with Gasteiger partial charge in [0, 0.05) is 69.0 Å². The molecule has 1 aromatic carbocycles. The van der Waals surface area contributed by atoms with Gasteiger partial charge in [-0.25, -0.2) is 0 Å². The SMILES string of the molecule is CC(C)CN1C(=O)CC[C@@H](C(=O)NCCN2CCN(c3cccc(Cl)c3)CC2)[C@H]1C. The van der Waals surface area contributed by atoms with Gasteiger partial charge in [0.15, 0.2) is 0 Å². The van der Waals surface area contributed by atoms with Crippen LogP contribution in [0, 0.1) is 11.8 Å². The molecule has 7 heteroatoms. The second kappa shape index (κ2) is 10.5. The lowest BCUT2D eigenvalue weighted by molar-refractivity contribution is -0.143. The highest BCUT2D eigenvalue weighted by atomic mass is 35.5. The van der Waals surface area contributed by atoms with Crippen LogP contribution in [0.2, 0.25) is 5.02 Å². The first-order valence-corrected chi connectivity index (χ1v) is 11.5. The van der Waals surface area contributed by atoms with Gasteiger partial charge < -0.3 is 15.1 Å². The second-order valence-electron chi connectivity index (χ2n) is 8.93. The number of rotatable bonds is 7. The molecule has 0 radical (unpaired) electrons. The number of carbonyl (C=O) groups is 2. The Morgan fingerprint density at radius 1 is 1.23 bits per heavy atom. The van der Waals surface area contributed by atoms with Crippen LogP contribution >= 0.6 is 11.6 Å². The third-order valence-electron chi connectivity index (χ3n) is 6.24. The molecule has 3 rings (SSSR count). The minimum atomic E-state index is -0.110. The van der Waals surface area contributed by atoms with Crippen LogP contribution in [0.1, 0.15) is 33.6 Å². The summed E-state index contributed by atoms with van der Waals surface area (Å²) < 4.78 is 0. The monoisotopic (exact) mass is 434 g/mol. The Labute approximate surface area is 185 Å². The first-order valence-electron chi connectivity index (χ1n) is 11.1. The molecule has 166 valence electrons. The van der Waals surface area contributed by atoms with Crippen molar-refractivity contribution in [2.45, 2.75) is 39.7 Å². The molecule has 1 aromatic rings. The Hall–Kier alpha value is -1.79. The van der Waals surface area contributed by atoms with Crippen molar-refractivity contribution in [1.82, 2.24) is 15.1 Å². The lowest BCUT2D eigenvalue weighted by atomic mass is 9.88. The van der Waals surface area contributed by atoms with Crippen molar-refractivity contribution in [2.24, 2.45) is 11.8 Å². The molecule has 2 aliphatic heterocycles. The molecule has 2 atom stereocenters. The fourth-order valence-electron chi connectivity index (χ4n) is 4.49. The maximum absolute atomic E-state index is 12.8. The number of carbonyl (C=O) groups excluding carboxylic acids is 2. The highest BCUT2D eigenvalue weighted by molar-refractivity contribution is 6.30. The summed E-state index contributed by atoms with van der Waals surface area (Å²) in [5, 5.41) is 3.89. The van der Waals surface area contributed by atoms with Crippen LogP contribution in [0.25, 0.3) is 0 Å². The van der Waals surface area contributed by atoms with Gasteiger partial charge in [0.2, 0.25) is 11.8 Å². The van der Waals surface area contributed by atoms with Crippen LogP contribution in [0.4, 0.5) is 5.69 Å². The Morgan fingerprint density at radius 3 is 2.63 bits per heavy atom. The molecule has 0 aromatic heterocycles. The van der Waals surface area contributed by atoms with Crippen LogP contribution in [0.15, 0.2) is 24.3 Å². The number of piperidine rings is 1. The number of benzene rings is 1. The van der Waals surface area contributed by atoms with Crippen LogP contribution in [0.5, 0.6) is 0 Å². The summed E-state index contributed by atoms with van der Waals surface area (Å²) in [4.78, 5) is 31.7. The smallest absolute Gasteiger partial charge is 0.225 e. The van der Waals surface area contributed by atoms with Crippen LogP contribution < -0.4 is 10.2 Å². The van der Waals surface area contributed by atoms with E-state index in [2.05, 4.69) is 35.0 Å². The molecule has 2 aliphatic rings. The van der Waals surface area contributed by atoms with Gasteiger partial charge >= 0.3 is 0 Å². The maximum Gasteiger partial charge on any atom is 0.225 e. The summed E-state index contributed by atoms with van der Waals surface area (Å²) in [6, 6.07) is 7.96. The number of hydrogen-bond donors (Lipinski definition) is 1. The first kappa shape index (κ1) is 22.9. The number of likely N-dealkylation sites (tertiary alicyclic amines) is 1. The molecule has 2 amide bonds. The zero-order valence-corrected chi connectivity index (χ0v) is 19.2. The third kappa shape index (κ3) is 5.88. The van der Waals surface area contributed by atoms with Crippen molar-refractivity contribution >= 4 is 29.1 Å². The molecule has 0 unspecified atom stereocenters. The van der Waals surface area contributed by atoms with Crippen molar-refractivity contribution in [1.29, 1.82) is 0 Å². The zero-order valence-electron chi connectivity index (χ0n) is 18.4. The van der Waals surface area contributed by atoms with E-state index in [4.69, 9.17) is 11.6 Å². The normalized spacial score (nSPS) is 23.2. The predicted molar refractivity (Wildman–Crippen MR) is 122 cm³/mol. The van der Waals surface area contributed by atoms with Crippen LogP contribution in [-0.2, 0) is 9.59 Å². The second-order valence-corrected chi connectivity index (χ2v) is 9.36. The van der Waals surface area contributed by atoms with Gasteiger partial charge in [-0.05, 0) is 37.5 Å². The summed E-state index contributed by atoms with van der Waals surface area (Å²) >= 11 is 6.11. The zero-order chi connectivity index (χ0) is 21.7. The van der Waals surface area contributed by atoms with E-state index in [9.17, 15) is 9.59 Å². The van der Waals surface area contributed by atoms with E-state index in [0.29, 0.717) is 25.3 Å². The fraction of sp³-hybridized carbons (Fsp3) is 0.652. The van der Waals surface area contributed by atoms with E-state index < -0.39 is 0 Å². The minimum Gasteiger partial charge on any atom is -0.369 e. The molecule has 30 heavy (non-hydrogen) atoms. The van der Waals surface area contributed by atoms with Gasteiger partial charge in [-0.3, -0.25) is 14.5 Å². The summed E-state index contributed by atoms with van der Waals surface area (Å²) in [5.41, 5.74) is 1.17. The number of amides is 2. The lowest BCUT2D eigenvalue weighted by Gasteiger charge is -2.39. The molecular weight excluding hydrogens is 400 g/mol. The highest BCUT2D eigenvalue weighted by Gasteiger charge is 2.36. The van der Waals surface area contributed by atoms with Gasteiger partial charge in [0.25, 0.3) is 0 Å². The van der Waals surface area contributed by atoms with E-state index in [1.165, 1.54) is 5.69 Å². The molecular formula is C23H35ClN4O2. The largest absolute Gasteiger partial charge is 0.369 e. The number of halogens is 1. The van der Waals surface area contributed by atoms with E-state index in [0.717, 1.165) is 44.3 Å². The Kier molecular flexibility index (Phi) is 8.00. The average Bonchev–Trinajstić information content (AvgIpc) is 2.71.